The van der Waals surface area contributed by atoms with Gasteiger partial charge in [-0.3, -0.25) is 0 Å². The van der Waals surface area contributed by atoms with Crippen LogP contribution in [0.2, 0.25) is 5.02 Å². The number of hydrogen-bond donors (Lipinski definition) is 3. The van der Waals surface area contributed by atoms with Crippen LogP contribution in [0.4, 0.5) is 0 Å². The Morgan fingerprint density at radius 3 is 2.46 bits per heavy atom. The fourth-order valence-corrected chi connectivity index (χ4v) is 3.08. The van der Waals surface area contributed by atoms with Gasteiger partial charge in [0.15, 0.2) is 0 Å². The molecule has 130 valence electrons. The number of hydrogen-bond acceptors (Lipinski definition) is 3. The standard InChI is InChI=1S/C20H18ClN5/c21-17-8-4-7-15(9-17)19-20(25-26-24-19)16-10-18(23-12-16)13-22-11-14-5-2-1-3-6-14/h1-10,12,22-23H,11,13H2,(H,24,25,26). The number of halogens is 1. The van der Waals surface area contributed by atoms with E-state index in [4.69, 9.17) is 11.6 Å². The Morgan fingerprint density at radius 2 is 1.65 bits per heavy atom. The predicted molar refractivity (Wildman–Crippen MR) is 104 cm³/mol. The van der Waals surface area contributed by atoms with Crippen molar-refractivity contribution in [1.82, 2.24) is 25.7 Å². The minimum atomic E-state index is 0.677. The average Bonchev–Trinajstić information content (AvgIpc) is 3.32. The van der Waals surface area contributed by atoms with Crippen molar-refractivity contribution in [1.29, 1.82) is 0 Å². The zero-order valence-electron chi connectivity index (χ0n) is 14.0. The van der Waals surface area contributed by atoms with Gasteiger partial charge in [-0.15, -0.1) is 0 Å². The number of nitrogens with one attached hydrogen (secondary N) is 3. The fraction of sp³-hybridized carbons (Fsp3) is 0.100. The summed E-state index contributed by atoms with van der Waals surface area (Å²) >= 11 is 6.10. The SMILES string of the molecule is Clc1cccc(-c2n[nH]nc2-c2c[nH]c(CNCc3ccccc3)c2)c1. The van der Waals surface area contributed by atoms with Gasteiger partial charge in [0.1, 0.15) is 11.4 Å². The lowest BCUT2D eigenvalue weighted by molar-refractivity contribution is 0.682. The molecule has 26 heavy (non-hydrogen) atoms. The molecule has 4 rings (SSSR count). The summed E-state index contributed by atoms with van der Waals surface area (Å²) in [5.41, 5.74) is 5.87. The summed E-state index contributed by atoms with van der Waals surface area (Å²) in [7, 11) is 0. The molecule has 6 heteroatoms. The van der Waals surface area contributed by atoms with Crippen LogP contribution in [0.1, 0.15) is 11.3 Å². The van der Waals surface area contributed by atoms with Crippen molar-refractivity contribution in [3.8, 4) is 22.5 Å². The van der Waals surface area contributed by atoms with Crippen molar-refractivity contribution >= 4 is 11.6 Å². The van der Waals surface area contributed by atoms with Gasteiger partial charge < -0.3 is 10.3 Å². The van der Waals surface area contributed by atoms with E-state index in [0.29, 0.717) is 5.02 Å². The van der Waals surface area contributed by atoms with Gasteiger partial charge in [-0.1, -0.05) is 54.1 Å². The summed E-state index contributed by atoms with van der Waals surface area (Å²) in [6, 6.07) is 20.0. The van der Waals surface area contributed by atoms with Crippen molar-refractivity contribution in [3.05, 3.63) is 83.1 Å². The largest absolute Gasteiger partial charge is 0.363 e. The number of H-pyrrole nitrogens is 2. The minimum Gasteiger partial charge on any atom is -0.363 e. The molecule has 2 heterocycles. The Hall–Kier alpha value is -2.89. The summed E-state index contributed by atoms with van der Waals surface area (Å²) in [6.07, 6.45) is 1.95. The second kappa shape index (κ2) is 7.56. The van der Waals surface area contributed by atoms with Crippen LogP contribution < -0.4 is 5.32 Å². The number of rotatable bonds is 6. The zero-order valence-corrected chi connectivity index (χ0v) is 14.8. The number of aromatic nitrogens is 4. The van der Waals surface area contributed by atoms with Crippen molar-refractivity contribution < 1.29 is 0 Å². The summed E-state index contributed by atoms with van der Waals surface area (Å²) in [5.74, 6) is 0. The molecule has 4 aromatic rings. The Balaban J connectivity index is 1.48. The molecular formula is C20H18ClN5. The Bertz CT molecular complexity index is 990. The molecule has 2 aromatic carbocycles. The second-order valence-electron chi connectivity index (χ2n) is 6.03. The van der Waals surface area contributed by atoms with Crippen LogP contribution in [0.25, 0.3) is 22.5 Å². The van der Waals surface area contributed by atoms with E-state index >= 15 is 0 Å². The summed E-state index contributed by atoms with van der Waals surface area (Å²) < 4.78 is 0. The Labute approximate surface area is 156 Å². The van der Waals surface area contributed by atoms with E-state index in [0.717, 1.165) is 41.3 Å². The van der Waals surface area contributed by atoms with Gasteiger partial charge in [0.25, 0.3) is 0 Å². The lowest BCUT2D eigenvalue weighted by atomic mass is 10.1. The molecule has 0 aliphatic carbocycles. The van der Waals surface area contributed by atoms with Crippen LogP contribution >= 0.6 is 11.6 Å². The van der Waals surface area contributed by atoms with Crippen LogP contribution in [-0.4, -0.2) is 20.4 Å². The number of aromatic amines is 2. The zero-order chi connectivity index (χ0) is 17.8. The van der Waals surface area contributed by atoms with E-state index in [1.165, 1.54) is 5.56 Å². The molecule has 0 amide bonds. The maximum absolute atomic E-state index is 6.10. The topological polar surface area (TPSA) is 69.4 Å². The molecule has 0 bridgehead atoms. The summed E-state index contributed by atoms with van der Waals surface area (Å²) in [5, 5.41) is 15.4. The maximum Gasteiger partial charge on any atom is 0.122 e. The highest BCUT2D eigenvalue weighted by Crippen LogP contribution is 2.29. The normalized spacial score (nSPS) is 11.0. The van der Waals surface area contributed by atoms with Gasteiger partial charge in [-0.25, -0.2) is 0 Å². The van der Waals surface area contributed by atoms with E-state index in [2.05, 4.69) is 43.9 Å². The first-order valence-corrected chi connectivity index (χ1v) is 8.76. The quantitative estimate of drug-likeness (QED) is 0.475. The van der Waals surface area contributed by atoms with Crippen molar-refractivity contribution in [2.45, 2.75) is 13.1 Å². The van der Waals surface area contributed by atoms with Gasteiger partial charge >= 0.3 is 0 Å². The molecule has 0 aliphatic rings. The minimum absolute atomic E-state index is 0.677. The molecule has 0 aliphatic heterocycles. The third-order valence-corrected chi connectivity index (χ3v) is 4.38. The molecule has 5 nitrogen and oxygen atoms in total. The molecule has 0 atom stereocenters. The first-order chi connectivity index (χ1) is 12.8. The monoisotopic (exact) mass is 363 g/mol. The molecule has 0 saturated carbocycles. The first-order valence-electron chi connectivity index (χ1n) is 8.38. The van der Waals surface area contributed by atoms with E-state index < -0.39 is 0 Å². The molecule has 0 spiro atoms. The number of nitrogens with zero attached hydrogens (tertiary/aromatic N) is 2. The first kappa shape index (κ1) is 16.6. The maximum atomic E-state index is 6.10. The van der Waals surface area contributed by atoms with E-state index in [-0.39, 0.29) is 0 Å². The van der Waals surface area contributed by atoms with E-state index in [9.17, 15) is 0 Å². The van der Waals surface area contributed by atoms with Gasteiger partial charge in [0.05, 0.1) is 0 Å². The predicted octanol–water partition coefficient (Wildman–Crippen LogP) is 4.41. The Morgan fingerprint density at radius 1 is 0.846 bits per heavy atom. The van der Waals surface area contributed by atoms with Crippen LogP contribution in [0.3, 0.4) is 0 Å². The van der Waals surface area contributed by atoms with Crippen LogP contribution in [-0.2, 0) is 13.1 Å². The van der Waals surface area contributed by atoms with Crippen LogP contribution in [0.5, 0.6) is 0 Å². The molecule has 0 fully saturated rings. The lowest BCUT2D eigenvalue weighted by Crippen LogP contribution is -2.12. The lowest BCUT2D eigenvalue weighted by Gasteiger charge is -2.03. The molecule has 0 unspecified atom stereocenters. The third kappa shape index (κ3) is 3.69. The Kier molecular flexibility index (Phi) is 4.82. The molecule has 0 saturated heterocycles. The molecule has 3 N–H and O–H groups in total. The second-order valence-corrected chi connectivity index (χ2v) is 6.47. The highest BCUT2D eigenvalue weighted by molar-refractivity contribution is 6.30. The van der Waals surface area contributed by atoms with Gasteiger partial charge in [-0.2, -0.15) is 15.4 Å². The third-order valence-electron chi connectivity index (χ3n) is 4.15. The van der Waals surface area contributed by atoms with E-state index in [1.54, 1.807) is 0 Å². The summed E-state index contributed by atoms with van der Waals surface area (Å²) in [6.45, 7) is 1.58. The van der Waals surface area contributed by atoms with Crippen LogP contribution in [0.15, 0.2) is 66.9 Å². The summed E-state index contributed by atoms with van der Waals surface area (Å²) in [4.78, 5) is 3.30. The van der Waals surface area contributed by atoms with Gasteiger partial charge in [-0.05, 0) is 23.8 Å². The molecule has 2 aromatic heterocycles. The highest BCUT2D eigenvalue weighted by atomic mass is 35.5. The van der Waals surface area contributed by atoms with Gasteiger partial charge in [0, 0.05) is 41.1 Å². The van der Waals surface area contributed by atoms with Crippen molar-refractivity contribution in [2.24, 2.45) is 0 Å². The van der Waals surface area contributed by atoms with E-state index in [1.807, 2.05) is 48.7 Å². The van der Waals surface area contributed by atoms with Crippen LogP contribution in [0, 0.1) is 0 Å². The molecular weight excluding hydrogens is 346 g/mol. The average molecular weight is 364 g/mol. The van der Waals surface area contributed by atoms with Crippen molar-refractivity contribution in [2.75, 3.05) is 0 Å². The molecule has 0 radical (unpaired) electrons. The van der Waals surface area contributed by atoms with Gasteiger partial charge in [0.2, 0.25) is 0 Å². The highest BCUT2D eigenvalue weighted by Gasteiger charge is 2.14. The fourth-order valence-electron chi connectivity index (χ4n) is 2.89. The number of benzene rings is 2. The smallest absolute Gasteiger partial charge is 0.122 e. The van der Waals surface area contributed by atoms with Crippen molar-refractivity contribution in [3.63, 3.8) is 0 Å².